The van der Waals surface area contributed by atoms with Crippen LogP contribution >= 0.6 is 11.3 Å². The molecule has 0 aliphatic carbocycles. The molecule has 0 aromatic carbocycles. The summed E-state index contributed by atoms with van der Waals surface area (Å²) in [5.41, 5.74) is 2.94. The summed E-state index contributed by atoms with van der Waals surface area (Å²) in [6.07, 6.45) is 1.16. The normalized spacial score (nSPS) is 13.0. The first kappa shape index (κ1) is 8.54. The fourth-order valence-electron chi connectivity index (χ4n) is 0.967. The Morgan fingerprint density at radius 3 is 2.64 bits per heavy atom. The molecule has 0 radical (unpaired) electrons. The van der Waals surface area contributed by atoms with E-state index in [4.69, 9.17) is 0 Å². The van der Waals surface area contributed by atoms with Gasteiger partial charge in [-0.2, -0.15) is 0 Å². The van der Waals surface area contributed by atoms with E-state index in [-0.39, 0.29) is 0 Å². The van der Waals surface area contributed by atoms with Gasteiger partial charge in [-0.05, 0) is 37.3 Å². The molecule has 1 aromatic rings. The molecule has 0 atom stereocenters. The highest BCUT2D eigenvalue weighted by Gasteiger charge is 1.98. The third-order valence-electron chi connectivity index (χ3n) is 2.06. The zero-order valence-corrected chi connectivity index (χ0v) is 8.16. The van der Waals surface area contributed by atoms with E-state index in [1.165, 1.54) is 16.0 Å². The standard InChI is InChI=1S/C10H14S/c1-4-8(2)9(3)10-6-5-7-11-10/h5-7H,4H2,1-3H3/b9-8-. The minimum Gasteiger partial charge on any atom is -0.144 e. The number of rotatable bonds is 2. The SMILES string of the molecule is CC/C(C)=C(/C)c1cccs1. The van der Waals surface area contributed by atoms with Crippen molar-refractivity contribution in [1.82, 2.24) is 0 Å². The molecule has 0 unspecified atom stereocenters. The maximum absolute atomic E-state index is 2.20. The molecule has 60 valence electrons. The van der Waals surface area contributed by atoms with Crippen molar-refractivity contribution >= 4 is 16.9 Å². The molecule has 1 aromatic heterocycles. The summed E-state index contributed by atoms with van der Waals surface area (Å²) in [4.78, 5) is 1.41. The summed E-state index contributed by atoms with van der Waals surface area (Å²) in [6, 6.07) is 4.28. The van der Waals surface area contributed by atoms with Crippen molar-refractivity contribution in [2.75, 3.05) is 0 Å². The van der Waals surface area contributed by atoms with Crippen molar-refractivity contribution < 1.29 is 0 Å². The molecule has 0 fully saturated rings. The van der Waals surface area contributed by atoms with Gasteiger partial charge in [-0.1, -0.05) is 18.6 Å². The lowest BCUT2D eigenvalue weighted by Crippen LogP contribution is -1.78. The van der Waals surface area contributed by atoms with Crippen molar-refractivity contribution in [3.63, 3.8) is 0 Å². The molecule has 11 heavy (non-hydrogen) atoms. The Bertz CT molecular complexity index is 242. The Labute approximate surface area is 72.6 Å². The molecule has 1 heteroatoms. The first-order chi connectivity index (χ1) is 5.25. The molecule has 0 nitrogen and oxygen atoms in total. The lowest BCUT2D eigenvalue weighted by molar-refractivity contribution is 1.10. The van der Waals surface area contributed by atoms with Gasteiger partial charge in [0.15, 0.2) is 0 Å². The Hall–Kier alpha value is -0.560. The average Bonchev–Trinajstić information content (AvgIpc) is 2.53. The molecule has 1 rings (SSSR count). The van der Waals surface area contributed by atoms with Crippen molar-refractivity contribution in [3.05, 3.63) is 28.0 Å². The quantitative estimate of drug-likeness (QED) is 0.624. The highest BCUT2D eigenvalue weighted by Crippen LogP contribution is 2.23. The van der Waals surface area contributed by atoms with E-state index < -0.39 is 0 Å². The molecule has 1 heterocycles. The van der Waals surface area contributed by atoms with Gasteiger partial charge in [0.1, 0.15) is 0 Å². The van der Waals surface area contributed by atoms with Crippen LogP contribution in [0, 0.1) is 0 Å². The summed E-state index contributed by atoms with van der Waals surface area (Å²) in [6.45, 7) is 6.60. The average molecular weight is 166 g/mol. The van der Waals surface area contributed by atoms with Gasteiger partial charge in [0.25, 0.3) is 0 Å². The minimum atomic E-state index is 1.16. The third kappa shape index (κ3) is 1.93. The van der Waals surface area contributed by atoms with Gasteiger partial charge in [0.2, 0.25) is 0 Å². The highest BCUT2D eigenvalue weighted by atomic mass is 32.1. The molecule has 0 saturated heterocycles. The van der Waals surface area contributed by atoms with Crippen LogP contribution in [-0.2, 0) is 0 Å². The molecule has 0 bridgehead atoms. The first-order valence-corrected chi connectivity index (χ1v) is 4.84. The van der Waals surface area contributed by atoms with Crippen molar-refractivity contribution in [3.8, 4) is 0 Å². The van der Waals surface area contributed by atoms with Crippen LogP contribution in [0.2, 0.25) is 0 Å². The molecular formula is C10H14S. The first-order valence-electron chi connectivity index (χ1n) is 3.96. The van der Waals surface area contributed by atoms with Crippen molar-refractivity contribution in [2.24, 2.45) is 0 Å². The Morgan fingerprint density at radius 1 is 1.45 bits per heavy atom. The van der Waals surface area contributed by atoms with Gasteiger partial charge < -0.3 is 0 Å². The largest absolute Gasteiger partial charge is 0.144 e. The predicted octanol–water partition coefficient (Wildman–Crippen LogP) is 3.95. The summed E-state index contributed by atoms with van der Waals surface area (Å²) >= 11 is 1.82. The number of hydrogen-bond acceptors (Lipinski definition) is 1. The maximum Gasteiger partial charge on any atom is 0.0298 e. The molecule has 0 amide bonds. The predicted molar refractivity (Wildman–Crippen MR) is 52.9 cm³/mol. The van der Waals surface area contributed by atoms with Crippen LogP contribution in [0.3, 0.4) is 0 Å². The molecule has 0 saturated carbocycles. The Kier molecular flexibility index (Phi) is 2.89. The molecule has 0 N–H and O–H groups in total. The number of hydrogen-bond donors (Lipinski definition) is 0. The van der Waals surface area contributed by atoms with Crippen LogP contribution in [0.15, 0.2) is 23.1 Å². The van der Waals surface area contributed by atoms with Crippen LogP contribution < -0.4 is 0 Å². The Morgan fingerprint density at radius 2 is 2.18 bits per heavy atom. The molecule has 0 aliphatic heterocycles. The van der Waals surface area contributed by atoms with Crippen LogP contribution in [0.1, 0.15) is 32.1 Å². The molecule has 0 spiro atoms. The number of allylic oxidation sites excluding steroid dienone is 2. The van der Waals surface area contributed by atoms with Crippen LogP contribution in [0.5, 0.6) is 0 Å². The summed E-state index contributed by atoms with van der Waals surface area (Å²) in [7, 11) is 0. The second-order valence-corrected chi connectivity index (χ2v) is 3.68. The van der Waals surface area contributed by atoms with E-state index in [1.807, 2.05) is 11.3 Å². The minimum absolute atomic E-state index is 1.16. The monoisotopic (exact) mass is 166 g/mol. The number of thiophene rings is 1. The highest BCUT2D eigenvalue weighted by molar-refractivity contribution is 7.11. The van der Waals surface area contributed by atoms with Gasteiger partial charge >= 0.3 is 0 Å². The van der Waals surface area contributed by atoms with Gasteiger partial charge in [-0.15, -0.1) is 11.3 Å². The second kappa shape index (κ2) is 3.72. The van der Waals surface area contributed by atoms with Gasteiger partial charge in [0.05, 0.1) is 0 Å². The van der Waals surface area contributed by atoms with E-state index in [2.05, 4.69) is 38.3 Å². The van der Waals surface area contributed by atoms with E-state index in [1.54, 1.807) is 0 Å². The fraction of sp³-hybridized carbons (Fsp3) is 0.400. The van der Waals surface area contributed by atoms with Crippen LogP contribution in [-0.4, -0.2) is 0 Å². The zero-order chi connectivity index (χ0) is 8.27. The van der Waals surface area contributed by atoms with E-state index in [0.717, 1.165) is 6.42 Å². The maximum atomic E-state index is 2.20. The van der Waals surface area contributed by atoms with E-state index in [9.17, 15) is 0 Å². The zero-order valence-electron chi connectivity index (χ0n) is 7.35. The van der Waals surface area contributed by atoms with Gasteiger partial charge in [-0.25, -0.2) is 0 Å². The fourth-order valence-corrected chi connectivity index (χ4v) is 1.78. The van der Waals surface area contributed by atoms with E-state index >= 15 is 0 Å². The van der Waals surface area contributed by atoms with Gasteiger partial charge in [-0.3, -0.25) is 0 Å². The molecular weight excluding hydrogens is 152 g/mol. The topological polar surface area (TPSA) is 0 Å². The third-order valence-corrected chi connectivity index (χ3v) is 3.05. The Balaban J connectivity index is 2.93. The van der Waals surface area contributed by atoms with Crippen LogP contribution in [0.4, 0.5) is 0 Å². The lowest BCUT2D eigenvalue weighted by atomic mass is 10.1. The summed E-state index contributed by atoms with van der Waals surface area (Å²) in [5, 5.41) is 2.13. The van der Waals surface area contributed by atoms with Gasteiger partial charge in [0, 0.05) is 4.88 Å². The summed E-state index contributed by atoms with van der Waals surface area (Å²) < 4.78 is 0. The lowest BCUT2D eigenvalue weighted by Gasteiger charge is -2.01. The smallest absolute Gasteiger partial charge is 0.0298 e. The van der Waals surface area contributed by atoms with E-state index in [0.29, 0.717) is 0 Å². The van der Waals surface area contributed by atoms with Crippen LogP contribution in [0.25, 0.3) is 5.57 Å². The summed E-state index contributed by atoms with van der Waals surface area (Å²) in [5.74, 6) is 0. The molecule has 0 aliphatic rings. The second-order valence-electron chi connectivity index (χ2n) is 2.74. The van der Waals surface area contributed by atoms with Crippen molar-refractivity contribution in [1.29, 1.82) is 0 Å². The van der Waals surface area contributed by atoms with Crippen molar-refractivity contribution in [2.45, 2.75) is 27.2 Å².